The fourth-order valence-electron chi connectivity index (χ4n) is 3.27. The second kappa shape index (κ2) is 9.04. The van der Waals surface area contributed by atoms with Gasteiger partial charge in [-0.2, -0.15) is 0 Å². The molecule has 2 N–H and O–H groups in total. The van der Waals surface area contributed by atoms with E-state index in [1.807, 2.05) is 35.8 Å². The summed E-state index contributed by atoms with van der Waals surface area (Å²) in [5, 5.41) is 6.48. The molecule has 1 aliphatic heterocycles. The highest BCUT2D eigenvalue weighted by Crippen LogP contribution is 2.21. The Labute approximate surface area is 164 Å². The van der Waals surface area contributed by atoms with Gasteiger partial charge in [0.25, 0.3) is 11.8 Å². The first-order valence-corrected chi connectivity index (χ1v) is 9.88. The van der Waals surface area contributed by atoms with Crippen molar-refractivity contribution in [1.29, 1.82) is 0 Å². The summed E-state index contributed by atoms with van der Waals surface area (Å²) in [6.45, 7) is 3.83. The Bertz CT molecular complexity index is 814. The van der Waals surface area contributed by atoms with E-state index >= 15 is 0 Å². The van der Waals surface area contributed by atoms with Gasteiger partial charge in [0.1, 0.15) is 5.69 Å². The maximum atomic E-state index is 12.7. The third kappa shape index (κ3) is 4.69. The van der Waals surface area contributed by atoms with E-state index in [0.717, 1.165) is 43.5 Å². The smallest absolute Gasteiger partial charge is 0.287 e. The van der Waals surface area contributed by atoms with Gasteiger partial charge in [0, 0.05) is 24.7 Å². The third-order valence-corrected chi connectivity index (χ3v) is 4.94. The van der Waals surface area contributed by atoms with E-state index in [-0.39, 0.29) is 11.8 Å². The maximum Gasteiger partial charge on any atom is 0.287 e. The van der Waals surface area contributed by atoms with Crippen molar-refractivity contribution in [2.45, 2.75) is 45.6 Å². The largest absolute Gasteiger partial charge is 0.351 e. The molecule has 2 heterocycles. The van der Waals surface area contributed by atoms with E-state index in [2.05, 4.69) is 15.6 Å². The average Bonchev–Trinajstić information content (AvgIpc) is 3.07. The number of benzene rings is 1. The maximum absolute atomic E-state index is 12.7. The quantitative estimate of drug-likeness (QED) is 0.765. The molecule has 0 unspecified atom stereocenters. The highest BCUT2D eigenvalue weighted by atomic mass is 35.5. The van der Waals surface area contributed by atoms with Crippen molar-refractivity contribution in [3.8, 4) is 0 Å². The van der Waals surface area contributed by atoms with Crippen LogP contribution < -0.4 is 10.6 Å². The first-order valence-electron chi connectivity index (χ1n) is 9.50. The number of rotatable bonds is 7. The van der Waals surface area contributed by atoms with E-state index < -0.39 is 0 Å². The molecule has 0 aliphatic carbocycles. The molecule has 144 valence electrons. The van der Waals surface area contributed by atoms with Crippen LogP contribution in [0.15, 0.2) is 24.3 Å². The minimum atomic E-state index is -0.235. The third-order valence-electron chi connectivity index (χ3n) is 4.68. The number of fused-ring (bicyclic) bond motifs is 1. The molecular weight excluding hydrogens is 364 g/mol. The molecule has 1 aliphatic rings. The number of hydrogen-bond acceptors (Lipinski definition) is 3. The van der Waals surface area contributed by atoms with Crippen LogP contribution in [0.4, 0.5) is 0 Å². The summed E-state index contributed by atoms with van der Waals surface area (Å²) in [7, 11) is 0. The summed E-state index contributed by atoms with van der Waals surface area (Å²) in [5.74, 6) is -0.0909. The van der Waals surface area contributed by atoms with Crippen LogP contribution in [0.3, 0.4) is 0 Å². The molecule has 3 rings (SSSR count). The normalized spacial score (nSPS) is 13.1. The van der Waals surface area contributed by atoms with Crippen molar-refractivity contribution in [2.75, 3.05) is 13.1 Å². The van der Waals surface area contributed by atoms with Crippen LogP contribution in [-0.2, 0) is 19.4 Å². The minimum Gasteiger partial charge on any atom is -0.351 e. The number of halogens is 1. The summed E-state index contributed by atoms with van der Waals surface area (Å²) in [5.41, 5.74) is 2.37. The molecule has 0 bridgehead atoms. The highest BCUT2D eigenvalue weighted by molar-refractivity contribution is 6.30. The molecular formula is C20H25ClN4O2. The van der Waals surface area contributed by atoms with Gasteiger partial charge in [-0.05, 0) is 49.8 Å². The topological polar surface area (TPSA) is 76.0 Å². The zero-order valence-electron chi connectivity index (χ0n) is 15.6. The van der Waals surface area contributed by atoms with Gasteiger partial charge in [0.2, 0.25) is 0 Å². The number of aromatic nitrogens is 2. The summed E-state index contributed by atoms with van der Waals surface area (Å²) in [6, 6.07) is 7.57. The number of carbonyl (C=O) groups excluding carboxylic acids is 2. The molecule has 0 fully saturated rings. The Balaban J connectivity index is 1.69. The molecule has 27 heavy (non-hydrogen) atoms. The van der Waals surface area contributed by atoms with E-state index in [0.29, 0.717) is 36.1 Å². The van der Waals surface area contributed by atoms with Crippen LogP contribution in [0.1, 0.15) is 58.6 Å². The van der Waals surface area contributed by atoms with Crippen molar-refractivity contribution >= 4 is 23.4 Å². The molecule has 6 nitrogen and oxygen atoms in total. The summed E-state index contributed by atoms with van der Waals surface area (Å²) in [4.78, 5) is 29.5. The Morgan fingerprint density at radius 3 is 2.59 bits per heavy atom. The average molecular weight is 389 g/mol. The summed E-state index contributed by atoms with van der Waals surface area (Å²) >= 11 is 5.89. The molecule has 0 spiro atoms. The van der Waals surface area contributed by atoms with Crippen LogP contribution in [-0.4, -0.2) is 34.5 Å². The second-order valence-corrected chi connectivity index (χ2v) is 7.16. The van der Waals surface area contributed by atoms with Crippen molar-refractivity contribution < 1.29 is 9.59 Å². The van der Waals surface area contributed by atoms with Crippen molar-refractivity contribution in [1.82, 2.24) is 20.2 Å². The lowest BCUT2D eigenvalue weighted by molar-refractivity contribution is 0.0938. The SMILES string of the molecule is CCCNC(=O)c1nc(C(=O)NCCc2ccc(Cl)cc2)n2c1CCCC2. The second-order valence-electron chi connectivity index (χ2n) is 6.73. The monoisotopic (exact) mass is 388 g/mol. The summed E-state index contributed by atoms with van der Waals surface area (Å²) < 4.78 is 1.90. The number of nitrogens with one attached hydrogen (secondary N) is 2. The predicted molar refractivity (Wildman–Crippen MR) is 105 cm³/mol. The first kappa shape index (κ1) is 19.4. The fraction of sp³-hybridized carbons (Fsp3) is 0.450. The molecule has 7 heteroatoms. The number of nitrogens with zero attached hydrogens (tertiary/aromatic N) is 2. The molecule has 0 atom stereocenters. The highest BCUT2D eigenvalue weighted by Gasteiger charge is 2.27. The van der Waals surface area contributed by atoms with E-state index in [9.17, 15) is 9.59 Å². The molecule has 0 radical (unpaired) electrons. The van der Waals surface area contributed by atoms with Gasteiger partial charge in [-0.1, -0.05) is 30.7 Å². The van der Waals surface area contributed by atoms with Gasteiger partial charge < -0.3 is 15.2 Å². The Hall–Kier alpha value is -2.34. The van der Waals surface area contributed by atoms with Crippen molar-refractivity contribution in [3.05, 3.63) is 52.1 Å². The van der Waals surface area contributed by atoms with Crippen LogP contribution in [0, 0.1) is 0 Å². The van der Waals surface area contributed by atoms with Crippen LogP contribution in [0.25, 0.3) is 0 Å². The van der Waals surface area contributed by atoms with Crippen molar-refractivity contribution in [2.24, 2.45) is 0 Å². The van der Waals surface area contributed by atoms with Gasteiger partial charge in [-0.15, -0.1) is 0 Å². The molecule has 1 aromatic carbocycles. The van der Waals surface area contributed by atoms with Gasteiger partial charge in [0.05, 0.1) is 5.69 Å². The lowest BCUT2D eigenvalue weighted by Crippen LogP contribution is -2.29. The van der Waals surface area contributed by atoms with Gasteiger partial charge in [-0.25, -0.2) is 4.98 Å². The standard InChI is InChI=1S/C20H25ClN4O2/c1-2-11-22-19(26)17-16-5-3-4-13-25(16)18(24-17)20(27)23-12-10-14-6-8-15(21)9-7-14/h6-9H,2-5,10-13H2,1H3,(H,22,26)(H,23,27). The van der Waals surface area contributed by atoms with Gasteiger partial charge in [-0.3, -0.25) is 9.59 Å². The van der Waals surface area contributed by atoms with E-state index in [1.165, 1.54) is 0 Å². The van der Waals surface area contributed by atoms with E-state index in [4.69, 9.17) is 11.6 Å². The number of carbonyl (C=O) groups is 2. The predicted octanol–water partition coefficient (Wildman–Crippen LogP) is 2.99. The van der Waals surface area contributed by atoms with Crippen molar-refractivity contribution in [3.63, 3.8) is 0 Å². The minimum absolute atomic E-state index is 0.192. The number of amides is 2. The number of hydrogen-bond donors (Lipinski definition) is 2. The van der Waals surface area contributed by atoms with Gasteiger partial charge >= 0.3 is 0 Å². The lowest BCUT2D eigenvalue weighted by Gasteiger charge is -2.17. The summed E-state index contributed by atoms with van der Waals surface area (Å²) in [6.07, 6.45) is 4.35. The molecule has 0 saturated carbocycles. The molecule has 2 amide bonds. The number of imidazole rings is 1. The Morgan fingerprint density at radius 2 is 1.85 bits per heavy atom. The fourth-order valence-corrected chi connectivity index (χ4v) is 3.40. The van der Waals surface area contributed by atoms with Crippen LogP contribution in [0.2, 0.25) is 5.02 Å². The Kier molecular flexibility index (Phi) is 6.50. The molecule has 2 aromatic rings. The first-order chi connectivity index (χ1) is 13.1. The Morgan fingerprint density at radius 1 is 1.11 bits per heavy atom. The zero-order valence-corrected chi connectivity index (χ0v) is 16.3. The van der Waals surface area contributed by atoms with Gasteiger partial charge in [0.15, 0.2) is 5.82 Å². The zero-order chi connectivity index (χ0) is 19.2. The van der Waals surface area contributed by atoms with Crippen LogP contribution in [0.5, 0.6) is 0 Å². The lowest BCUT2D eigenvalue weighted by atomic mass is 10.1. The molecule has 1 aromatic heterocycles. The van der Waals surface area contributed by atoms with Crippen LogP contribution >= 0.6 is 11.6 Å². The molecule has 0 saturated heterocycles. The van der Waals surface area contributed by atoms with E-state index in [1.54, 1.807) is 0 Å².